The fourth-order valence-electron chi connectivity index (χ4n) is 3.03. The summed E-state index contributed by atoms with van der Waals surface area (Å²) in [5.74, 6) is -0.221. The summed E-state index contributed by atoms with van der Waals surface area (Å²) in [4.78, 5) is 18.1. The van der Waals surface area contributed by atoms with Crippen LogP contribution in [0.5, 0.6) is 0 Å². The molecule has 2 heterocycles. The number of nitrogens with zero attached hydrogens (tertiary/aromatic N) is 3. The molecule has 1 saturated heterocycles. The zero-order valence-corrected chi connectivity index (χ0v) is 16.4. The van der Waals surface area contributed by atoms with E-state index in [0.717, 1.165) is 12.1 Å². The van der Waals surface area contributed by atoms with Crippen molar-refractivity contribution >= 4 is 21.8 Å². The van der Waals surface area contributed by atoms with Gasteiger partial charge in [-0.05, 0) is 49.7 Å². The lowest BCUT2D eigenvalue weighted by Crippen LogP contribution is -2.35. The van der Waals surface area contributed by atoms with E-state index < -0.39 is 21.8 Å². The molecule has 0 spiro atoms. The van der Waals surface area contributed by atoms with E-state index in [0.29, 0.717) is 50.6 Å². The predicted molar refractivity (Wildman–Crippen MR) is 102 cm³/mol. The minimum atomic E-state index is -3.67. The largest absolute Gasteiger partial charge is 0.462 e. The van der Waals surface area contributed by atoms with Gasteiger partial charge >= 0.3 is 5.97 Å². The van der Waals surface area contributed by atoms with Gasteiger partial charge in [0.15, 0.2) is 0 Å². The summed E-state index contributed by atoms with van der Waals surface area (Å²) >= 11 is 0. The number of ether oxygens (including phenoxy) is 1. The molecule has 9 heteroatoms. The van der Waals surface area contributed by atoms with Crippen molar-refractivity contribution in [2.75, 3.05) is 37.7 Å². The summed E-state index contributed by atoms with van der Waals surface area (Å²) < 4.78 is 45.0. The monoisotopic (exact) mass is 407 g/mol. The number of carbonyl (C=O) groups excluding carboxylic acids is 1. The van der Waals surface area contributed by atoms with Crippen molar-refractivity contribution in [3.05, 3.63) is 54.0 Å². The Kier molecular flexibility index (Phi) is 6.25. The van der Waals surface area contributed by atoms with Crippen molar-refractivity contribution < 1.29 is 22.3 Å². The Hall–Kier alpha value is -2.52. The van der Waals surface area contributed by atoms with Crippen LogP contribution in [0.3, 0.4) is 0 Å². The first kappa shape index (κ1) is 20.2. The van der Waals surface area contributed by atoms with Crippen LogP contribution in [0.1, 0.15) is 23.7 Å². The standard InChI is InChI=1S/C19H22FN3O4S/c1-2-27-19(24)15-4-9-18(21-14-15)22-10-3-11-23(13-12-22)28(25,26)17-7-5-16(20)6-8-17/h4-9,14H,2-3,10-13H2,1H3. The van der Waals surface area contributed by atoms with Crippen molar-refractivity contribution in [3.63, 3.8) is 0 Å². The molecule has 0 saturated carbocycles. The van der Waals surface area contributed by atoms with Gasteiger partial charge in [0, 0.05) is 32.4 Å². The highest BCUT2D eigenvalue weighted by Crippen LogP contribution is 2.20. The number of sulfonamides is 1. The van der Waals surface area contributed by atoms with E-state index in [1.54, 1.807) is 19.1 Å². The molecular weight excluding hydrogens is 385 g/mol. The highest BCUT2D eigenvalue weighted by Gasteiger charge is 2.27. The summed E-state index contributed by atoms with van der Waals surface area (Å²) in [5.41, 5.74) is 0.376. The maximum Gasteiger partial charge on any atom is 0.339 e. The molecule has 2 aromatic rings. The number of aromatic nitrogens is 1. The van der Waals surface area contributed by atoms with Crippen LogP contribution in [-0.2, 0) is 14.8 Å². The van der Waals surface area contributed by atoms with Gasteiger partial charge in [-0.3, -0.25) is 0 Å². The lowest BCUT2D eigenvalue weighted by Gasteiger charge is -2.22. The average Bonchev–Trinajstić information content (AvgIpc) is 2.95. The Labute approximate surface area is 163 Å². The Morgan fingerprint density at radius 2 is 1.86 bits per heavy atom. The quantitative estimate of drug-likeness (QED) is 0.708. The predicted octanol–water partition coefficient (Wildman–Crippen LogP) is 2.30. The SMILES string of the molecule is CCOC(=O)c1ccc(N2CCCN(S(=O)(=O)c3ccc(F)cc3)CC2)nc1. The van der Waals surface area contributed by atoms with Gasteiger partial charge in [0.05, 0.1) is 17.1 Å². The zero-order valence-electron chi connectivity index (χ0n) is 15.5. The molecule has 0 amide bonds. The Morgan fingerprint density at radius 1 is 1.11 bits per heavy atom. The molecular formula is C19H22FN3O4S. The first-order chi connectivity index (χ1) is 13.4. The lowest BCUT2D eigenvalue weighted by atomic mass is 10.2. The third-order valence-electron chi connectivity index (χ3n) is 4.49. The van der Waals surface area contributed by atoms with Gasteiger partial charge < -0.3 is 9.64 Å². The van der Waals surface area contributed by atoms with E-state index in [-0.39, 0.29) is 4.90 Å². The highest BCUT2D eigenvalue weighted by atomic mass is 32.2. The van der Waals surface area contributed by atoms with Gasteiger partial charge in [0.1, 0.15) is 11.6 Å². The second kappa shape index (κ2) is 8.66. The van der Waals surface area contributed by atoms with E-state index in [1.807, 2.05) is 4.90 Å². The number of anilines is 1. The minimum Gasteiger partial charge on any atom is -0.462 e. The molecule has 1 aromatic heterocycles. The summed E-state index contributed by atoms with van der Waals surface area (Å²) in [6.07, 6.45) is 2.09. The van der Waals surface area contributed by atoms with Crippen LogP contribution in [-0.4, -0.2) is 56.5 Å². The summed E-state index contributed by atoms with van der Waals surface area (Å²) in [6, 6.07) is 8.23. The molecule has 1 aliphatic heterocycles. The molecule has 0 bridgehead atoms. The molecule has 7 nitrogen and oxygen atoms in total. The second-order valence-corrected chi connectivity index (χ2v) is 8.26. The Morgan fingerprint density at radius 3 is 2.50 bits per heavy atom. The normalized spacial score (nSPS) is 15.9. The number of rotatable bonds is 5. The van der Waals surface area contributed by atoms with Crippen LogP contribution in [0.2, 0.25) is 0 Å². The van der Waals surface area contributed by atoms with Crippen LogP contribution in [0.4, 0.5) is 10.2 Å². The van der Waals surface area contributed by atoms with Crippen LogP contribution in [0.15, 0.2) is 47.5 Å². The molecule has 0 aliphatic carbocycles. The first-order valence-corrected chi connectivity index (χ1v) is 10.5. The van der Waals surface area contributed by atoms with Crippen molar-refractivity contribution in [1.29, 1.82) is 0 Å². The number of hydrogen-bond donors (Lipinski definition) is 0. The van der Waals surface area contributed by atoms with Gasteiger partial charge in [-0.2, -0.15) is 4.31 Å². The third-order valence-corrected chi connectivity index (χ3v) is 6.40. The van der Waals surface area contributed by atoms with Gasteiger partial charge in [0.2, 0.25) is 10.0 Å². The molecule has 3 rings (SSSR count). The molecule has 0 atom stereocenters. The van der Waals surface area contributed by atoms with Crippen LogP contribution in [0.25, 0.3) is 0 Å². The van der Waals surface area contributed by atoms with E-state index in [2.05, 4.69) is 4.98 Å². The molecule has 1 fully saturated rings. The Bertz CT molecular complexity index is 917. The number of halogens is 1. The summed E-state index contributed by atoms with van der Waals surface area (Å²) in [7, 11) is -3.67. The van der Waals surface area contributed by atoms with Crippen LogP contribution >= 0.6 is 0 Å². The Balaban J connectivity index is 1.69. The lowest BCUT2D eigenvalue weighted by molar-refractivity contribution is 0.0526. The summed E-state index contributed by atoms with van der Waals surface area (Å²) in [5, 5.41) is 0. The van der Waals surface area contributed by atoms with Gasteiger partial charge in [-0.1, -0.05) is 0 Å². The first-order valence-electron chi connectivity index (χ1n) is 9.05. The molecule has 1 aliphatic rings. The maximum atomic E-state index is 13.1. The molecule has 28 heavy (non-hydrogen) atoms. The topological polar surface area (TPSA) is 79.8 Å². The molecule has 0 radical (unpaired) electrons. The number of hydrogen-bond acceptors (Lipinski definition) is 6. The van der Waals surface area contributed by atoms with Crippen molar-refractivity contribution in [2.24, 2.45) is 0 Å². The fraction of sp³-hybridized carbons (Fsp3) is 0.368. The molecule has 1 aromatic carbocycles. The highest BCUT2D eigenvalue weighted by molar-refractivity contribution is 7.89. The minimum absolute atomic E-state index is 0.0827. The molecule has 150 valence electrons. The van der Waals surface area contributed by atoms with E-state index in [1.165, 1.54) is 22.6 Å². The molecule has 0 N–H and O–H groups in total. The number of benzene rings is 1. The number of esters is 1. The number of carbonyl (C=O) groups is 1. The van der Waals surface area contributed by atoms with Crippen LogP contribution in [0, 0.1) is 5.82 Å². The van der Waals surface area contributed by atoms with E-state index in [4.69, 9.17) is 4.74 Å². The summed E-state index contributed by atoms with van der Waals surface area (Å²) in [6.45, 7) is 3.80. The average molecular weight is 407 g/mol. The molecule has 0 unspecified atom stereocenters. The van der Waals surface area contributed by atoms with Gasteiger partial charge in [-0.25, -0.2) is 22.6 Å². The van der Waals surface area contributed by atoms with Gasteiger partial charge in [0.25, 0.3) is 0 Å². The van der Waals surface area contributed by atoms with Crippen molar-refractivity contribution in [2.45, 2.75) is 18.2 Å². The maximum absolute atomic E-state index is 13.1. The second-order valence-electron chi connectivity index (χ2n) is 6.32. The smallest absolute Gasteiger partial charge is 0.339 e. The number of pyridine rings is 1. The third kappa shape index (κ3) is 4.48. The van der Waals surface area contributed by atoms with E-state index in [9.17, 15) is 17.6 Å². The van der Waals surface area contributed by atoms with Gasteiger partial charge in [-0.15, -0.1) is 0 Å². The zero-order chi connectivity index (χ0) is 20.1. The van der Waals surface area contributed by atoms with Crippen molar-refractivity contribution in [3.8, 4) is 0 Å². The van der Waals surface area contributed by atoms with E-state index >= 15 is 0 Å². The fourth-order valence-corrected chi connectivity index (χ4v) is 4.50. The van der Waals surface area contributed by atoms with Crippen molar-refractivity contribution in [1.82, 2.24) is 9.29 Å². The van der Waals surface area contributed by atoms with Crippen LogP contribution < -0.4 is 4.90 Å².